The second-order valence-electron chi connectivity index (χ2n) is 6.86. The van der Waals surface area contributed by atoms with E-state index in [1.54, 1.807) is 13.2 Å². The quantitative estimate of drug-likeness (QED) is 0.797. The van der Waals surface area contributed by atoms with Gasteiger partial charge in [-0.05, 0) is 61.7 Å². The van der Waals surface area contributed by atoms with Gasteiger partial charge in [-0.3, -0.25) is 4.79 Å². The fourth-order valence-corrected chi connectivity index (χ4v) is 4.24. The molecule has 2 aliphatic rings. The molecule has 1 aliphatic carbocycles. The molecular weight excluding hydrogens is 274 g/mol. The number of ether oxygens (including phenoxy) is 1. The molecular formula is C19H25NO2. The SMILES string of the molecule is COc1ccc2c(c1C)[C@@]1(C=CC(=O)C[C@@H]1C)CCN(C)C2. The number of allylic oxidation sites excluding steroid dienone is 2. The van der Waals surface area contributed by atoms with Crippen molar-refractivity contribution in [1.82, 2.24) is 4.90 Å². The highest BCUT2D eigenvalue weighted by Crippen LogP contribution is 2.47. The van der Waals surface area contributed by atoms with E-state index < -0.39 is 0 Å². The third-order valence-electron chi connectivity index (χ3n) is 5.49. The van der Waals surface area contributed by atoms with E-state index in [-0.39, 0.29) is 11.2 Å². The number of fused-ring (bicyclic) bond motifs is 2. The first kappa shape index (κ1) is 15.3. The van der Waals surface area contributed by atoms with Crippen LogP contribution in [-0.4, -0.2) is 31.4 Å². The molecule has 0 radical (unpaired) electrons. The van der Waals surface area contributed by atoms with E-state index in [1.165, 1.54) is 16.7 Å². The normalized spacial score (nSPS) is 28.5. The summed E-state index contributed by atoms with van der Waals surface area (Å²) in [6.45, 7) is 6.37. The van der Waals surface area contributed by atoms with Crippen molar-refractivity contribution >= 4 is 5.78 Å². The molecule has 3 rings (SSSR count). The van der Waals surface area contributed by atoms with Crippen LogP contribution in [0.15, 0.2) is 24.3 Å². The van der Waals surface area contributed by atoms with E-state index in [2.05, 4.69) is 44.0 Å². The predicted octanol–water partition coefficient (Wildman–Crippen LogP) is 3.24. The maximum atomic E-state index is 11.8. The van der Waals surface area contributed by atoms with Crippen molar-refractivity contribution in [3.05, 3.63) is 41.0 Å². The molecule has 1 aromatic carbocycles. The van der Waals surface area contributed by atoms with Gasteiger partial charge in [-0.25, -0.2) is 0 Å². The van der Waals surface area contributed by atoms with Crippen molar-refractivity contribution < 1.29 is 9.53 Å². The minimum Gasteiger partial charge on any atom is -0.496 e. The predicted molar refractivity (Wildman–Crippen MR) is 88.3 cm³/mol. The topological polar surface area (TPSA) is 29.5 Å². The van der Waals surface area contributed by atoms with Crippen LogP contribution in [0.25, 0.3) is 0 Å². The molecule has 0 amide bonds. The first-order valence-corrected chi connectivity index (χ1v) is 8.05. The maximum Gasteiger partial charge on any atom is 0.155 e. The van der Waals surface area contributed by atoms with E-state index in [1.807, 2.05) is 0 Å². The number of ketones is 1. The van der Waals surface area contributed by atoms with Gasteiger partial charge in [-0.2, -0.15) is 0 Å². The van der Waals surface area contributed by atoms with Crippen molar-refractivity contribution in [2.75, 3.05) is 20.7 Å². The molecule has 0 bridgehead atoms. The summed E-state index contributed by atoms with van der Waals surface area (Å²) in [5.41, 5.74) is 3.92. The van der Waals surface area contributed by atoms with Crippen molar-refractivity contribution in [3.8, 4) is 5.75 Å². The van der Waals surface area contributed by atoms with Crippen molar-refractivity contribution in [2.24, 2.45) is 5.92 Å². The Morgan fingerprint density at radius 3 is 2.82 bits per heavy atom. The summed E-state index contributed by atoms with van der Waals surface area (Å²) < 4.78 is 5.56. The van der Waals surface area contributed by atoms with Gasteiger partial charge in [0.25, 0.3) is 0 Å². The molecule has 118 valence electrons. The molecule has 3 heteroatoms. The van der Waals surface area contributed by atoms with Crippen LogP contribution in [0.3, 0.4) is 0 Å². The van der Waals surface area contributed by atoms with Gasteiger partial charge in [-0.1, -0.05) is 19.1 Å². The minimum atomic E-state index is -0.0490. The standard InChI is InChI=1S/C19H25NO2/c1-13-11-16(21)7-8-19(13)9-10-20(3)12-15-5-6-17(22-4)14(2)18(15)19/h5-8,13H,9-12H2,1-4H3/t13-,19-/m0/s1. The molecule has 1 heterocycles. The summed E-state index contributed by atoms with van der Waals surface area (Å²) in [4.78, 5) is 14.2. The lowest BCUT2D eigenvalue weighted by Gasteiger charge is -2.40. The summed E-state index contributed by atoms with van der Waals surface area (Å²) >= 11 is 0. The minimum absolute atomic E-state index is 0.0490. The van der Waals surface area contributed by atoms with Crippen LogP contribution in [0.2, 0.25) is 0 Å². The Bertz CT molecular complexity index is 635. The molecule has 0 saturated carbocycles. The number of hydrogen-bond acceptors (Lipinski definition) is 3. The molecule has 2 atom stereocenters. The third kappa shape index (κ3) is 2.28. The fourth-order valence-electron chi connectivity index (χ4n) is 4.24. The van der Waals surface area contributed by atoms with Crippen LogP contribution in [0.4, 0.5) is 0 Å². The molecule has 22 heavy (non-hydrogen) atoms. The Hall–Kier alpha value is -1.61. The number of rotatable bonds is 1. The first-order valence-electron chi connectivity index (χ1n) is 8.05. The zero-order chi connectivity index (χ0) is 15.9. The molecule has 1 aromatic rings. The molecule has 0 unspecified atom stereocenters. The van der Waals surface area contributed by atoms with Gasteiger partial charge in [0.05, 0.1) is 7.11 Å². The van der Waals surface area contributed by atoms with Crippen molar-refractivity contribution in [3.63, 3.8) is 0 Å². The van der Waals surface area contributed by atoms with Gasteiger partial charge < -0.3 is 9.64 Å². The van der Waals surface area contributed by atoms with Crippen LogP contribution in [-0.2, 0) is 16.8 Å². The number of carbonyl (C=O) groups excluding carboxylic acids is 1. The highest BCUT2D eigenvalue weighted by molar-refractivity contribution is 5.91. The van der Waals surface area contributed by atoms with E-state index >= 15 is 0 Å². The number of nitrogens with zero attached hydrogens (tertiary/aromatic N) is 1. The molecule has 3 nitrogen and oxygen atoms in total. The smallest absolute Gasteiger partial charge is 0.155 e. The lowest BCUT2D eigenvalue weighted by molar-refractivity contribution is -0.116. The number of hydrogen-bond donors (Lipinski definition) is 0. The van der Waals surface area contributed by atoms with Gasteiger partial charge >= 0.3 is 0 Å². The second-order valence-corrected chi connectivity index (χ2v) is 6.86. The zero-order valence-electron chi connectivity index (χ0n) is 14.0. The van der Waals surface area contributed by atoms with E-state index in [9.17, 15) is 4.79 Å². The average Bonchev–Trinajstić information content (AvgIpc) is 2.62. The third-order valence-corrected chi connectivity index (χ3v) is 5.49. The number of benzene rings is 1. The molecule has 1 aliphatic heterocycles. The zero-order valence-corrected chi connectivity index (χ0v) is 14.0. The number of methoxy groups -OCH3 is 1. The highest BCUT2D eigenvalue weighted by Gasteiger charge is 2.43. The van der Waals surface area contributed by atoms with E-state index in [0.717, 1.165) is 25.3 Å². The van der Waals surface area contributed by atoms with Crippen LogP contribution in [0.5, 0.6) is 5.75 Å². The molecule has 0 fully saturated rings. The Balaban J connectivity index is 2.26. The van der Waals surface area contributed by atoms with Gasteiger partial charge in [0.15, 0.2) is 5.78 Å². The molecule has 1 spiro atoms. The summed E-state index contributed by atoms with van der Waals surface area (Å²) in [5, 5.41) is 0. The summed E-state index contributed by atoms with van der Waals surface area (Å²) in [6, 6.07) is 4.27. The molecule has 0 N–H and O–H groups in total. The van der Waals surface area contributed by atoms with Crippen LogP contribution in [0, 0.1) is 12.8 Å². The lowest BCUT2D eigenvalue weighted by Crippen LogP contribution is -2.38. The number of carbonyl (C=O) groups is 1. The van der Waals surface area contributed by atoms with Crippen LogP contribution < -0.4 is 4.74 Å². The van der Waals surface area contributed by atoms with Gasteiger partial charge in [0.1, 0.15) is 5.75 Å². The van der Waals surface area contributed by atoms with Crippen molar-refractivity contribution in [1.29, 1.82) is 0 Å². The fraction of sp³-hybridized carbons (Fsp3) is 0.526. The largest absolute Gasteiger partial charge is 0.496 e. The summed E-state index contributed by atoms with van der Waals surface area (Å²) in [5.74, 6) is 1.51. The van der Waals surface area contributed by atoms with E-state index in [4.69, 9.17) is 4.74 Å². The maximum absolute atomic E-state index is 11.8. The van der Waals surface area contributed by atoms with Crippen molar-refractivity contribution in [2.45, 2.75) is 38.6 Å². The monoisotopic (exact) mass is 299 g/mol. The Labute approximate surface area is 133 Å². The molecule has 0 aromatic heterocycles. The lowest BCUT2D eigenvalue weighted by atomic mass is 9.63. The Morgan fingerprint density at radius 2 is 2.14 bits per heavy atom. The first-order chi connectivity index (χ1) is 10.5. The molecule has 0 saturated heterocycles. The summed E-state index contributed by atoms with van der Waals surface area (Å²) in [7, 11) is 3.90. The van der Waals surface area contributed by atoms with Gasteiger partial charge in [0, 0.05) is 18.4 Å². The highest BCUT2D eigenvalue weighted by atomic mass is 16.5. The Morgan fingerprint density at radius 1 is 1.36 bits per heavy atom. The Kier molecular flexibility index (Phi) is 3.85. The second kappa shape index (κ2) is 5.54. The van der Waals surface area contributed by atoms with Gasteiger partial charge in [0.2, 0.25) is 0 Å². The summed E-state index contributed by atoms with van der Waals surface area (Å²) in [6.07, 6.45) is 5.66. The van der Waals surface area contributed by atoms with Crippen LogP contribution in [0.1, 0.15) is 36.5 Å². The van der Waals surface area contributed by atoms with Crippen LogP contribution >= 0.6 is 0 Å². The van der Waals surface area contributed by atoms with E-state index in [0.29, 0.717) is 12.3 Å². The van der Waals surface area contributed by atoms with Gasteiger partial charge in [-0.15, -0.1) is 0 Å². The average molecular weight is 299 g/mol.